The maximum atomic E-state index is 13.4. The second-order valence-corrected chi connectivity index (χ2v) is 8.41. The quantitative estimate of drug-likeness (QED) is 0.835. The van der Waals surface area contributed by atoms with Gasteiger partial charge in [0.1, 0.15) is 0 Å². The van der Waals surface area contributed by atoms with Gasteiger partial charge in [0.05, 0.1) is 16.6 Å². The minimum absolute atomic E-state index is 0.0922. The van der Waals surface area contributed by atoms with Crippen molar-refractivity contribution in [3.8, 4) is 0 Å². The van der Waals surface area contributed by atoms with Crippen molar-refractivity contribution in [1.82, 2.24) is 24.6 Å². The topological polar surface area (TPSA) is 54.3 Å². The fourth-order valence-corrected chi connectivity index (χ4v) is 5.17. The molecular formula is C21H31N5O. The molecule has 6 nitrogen and oxygen atoms in total. The largest absolute Gasteiger partial charge is 0.341 e. The Hall–Kier alpha value is -1.95. The highest BCUT2D eigenvalue weighted by atomic mass is 16.2. The SMILES string of the molecule is Cc1cc(C(=O)N(C)CC2CCCN3CCCC[C@@H]23)c2c(C)nn(C)c2n1. The molecule has 4 rings (SSSR count). The molecule has 0 aromatic carbocycles. The molecule has 1 unspecified atom stereocenters. The lowest BCUT2D eigenvalue weighted by molar-refractivity contribution is 0.0403. The third kappa shape index (κ3) is 3.35. The number of hydrogen-bond donors (Lipinski definition) is 0. The average molecular weight is 370 g/mol. The van der Waals surface area contributed by atoms with Crippen molar-refractivity contribution in [2.75, 3.05) is 26.7 Å². The van der Waals surface area contributed by atoms with Crippen LogP contribution >= 0.6 is 0 Å². The van der Waals surface area contributed by atoms with E-state index in [1.165, 1.54) is 45.2 Å². The second-order valence-electron chi connectivity index (χ2n) is 8.41. The third-order valence-corrected chi connectivity index (χ3v) is 6.41. The molecule has 2 atom stereocenters. The van der Waals surface area contributed by atoms with Gasteiger partial charge in [-0.15, -0.1) is 0 Å². The van der Waals surface area contributed by atoms with Gasteiger partial charge >= 0.3 is 0 Å². The maximum absolute atomic E-state index is 13.4. The van der Waals surface area contributed by atoms with Gasteiger partial charge in [0.2, 0.25) is 0 Å². The smallest absolute Gasteiger partial charge is 0.254 e. The predicted molar refractivity (Wildman–Crippen MR) is 107 cm³/mol. The number of fused-ring (bicyclic) bond motifs is 2. The Labute approximate surface area is 161 Å². The number of carbonyl (C=O) groups excluding carboxylic acids is 1. The Morgan fingerprint density at radius 1 is 1.22 bits per heavy atom. The summed E-state index contributed by atoms with van der Waals surface area (Å²) in [6, 6.07) is 2.57. The highest BCUT2D eigenvalue weighted by Gasteiger charge is 2.34. The molecule has 0 spiro atoms. The van der Waals surface area contributed by atoms with E-state index in [0.717, 1.165) is 34.5 Å². The van der Waals surface area contributed by atoms with Crippen molar-refractivity contribution >= 4 is 16.9 Å². The lowest BCUT2D eigenvalue weighted by Crippen LogP contribution is -2.51. The summed E-state index contributed by atoms with van der Waals surface area (Å²) < 4.78 is 1.77. The van der Waals surface area contributed by atoms with Crippen LogP contribution in [-0.2, 0) is 7.05 Å². The standard InChI is InChI=1S/C21H31N5O/c1-14-12-17(19-15(2)23-25(4)20(19)22-14)21(27)24(3)13-16-8-7-11-26-10-6-5-9-18(16)26/h12,16,18H,5-11,13H2,1-4H3/t16?,18-/m0/s1. The molecule has 0 N–H and O–H groups in total. The van der Waals surface area contributed by atoms with Gasteiger partial charge in [0.25, 0.3) is 5.91 Å². The Morgan fingerprint density at radius 2 is 2.00 bits per heavy atom. The second kappa shape index (κ2) is 7.23. The number of rotatable bonds is 3. The molecule has 2 aromatic heterocycles. The van der Waals surface area contributed by atoms with E-state index in [9.17, 15) is 4.79 Å². The van der Waals surface area contributed by atoms with Gasteiger partial charge in [-0.1, -0.05) is 6.42 Å². The first-order valence-corrected chi connectivity index (χ1v) is 10.3. The van der Waals surface area contributed by atoms with Crippen molar-refractivity contribution in [3.05, 3.63) is 23.0 Å². The third-order valence-electron chi connectivity index (χ3n) is 6.41. The molecule has 0 aliphatic carbocycles. The number of carbonyl (C=O) groups is 1. The van der Waals surface area contributed by atoms with Gasteiger partial charge in [0, 0.05) is 32.4 Å². The minimum atomic E-state index is 0.0922. The number of aromatic nitrogens is 3. The molecule has 6 heteroatoms. The molecule has 2 saturated heterocycles. The van der Waals surface area contributed by atoms with Crippen molar-refractivity contribution in [3.63, 3.8) is 0 Å². The first kappa shape index (κ1) is 18.4. The summed E-state index contributed by atoms with van der Waals surface area (Å²) in [6.07, 6.45) is 6.42. The average Bonchev–Trinajstić information content (AvgIpc) is 2.94. The van der Waals surface area contributed by atoms with Crippen molar-refractivity contribution < 1.29 is 4.79 Å². The first-order valence-electron chi connectivity index (χ1n) is 10.3. The lowest BCUT2D eigenvalue weighted by atomic mass is 9.83. The van der Waals surface area contributed by atoms with Gasteiger partial charge in [-0.2, -0.15) is 5.10 Å². The number of piperidine rings is 2. The molecular weight excluding hydrogens is 338 g/mol. The van der Waals surface area contributed by atoms with Crippen LogP contribution in [0.3, 0.4) is 0 Å². The number of nitrogens with zero attached hydrogens (tertiary/aromatic N) is 5. The van der Waals surface area contributed by atoms with Crippen molar-refractivity contribution in [2.45, 2.75) is 52.0 Å². The summed E-state index contributed by atoms with van der Waals surface area (Å²) in [4.78, 5) is 22.5. The van der Waals surface area contributed by atoms with Gasteiger partial charge in [0.15, 0.2) is 5.65 Å². The molecule has 27 heavy (non-hydrogen) atoms. The Balaban J connectivity index is 1.58. The highest BCUT2D eigenvalue weighted by molar-refractivity contribution is 6.06. The fourth-order valence-electron chi connectivity index (χ4n) is 5.17. The fraction of sp³-hybridized carbons (Fsp3) is 0.667. The first-order chi connectivity index (χ1) is 13.0. The van der Waals surface area contributed by atoms with E-state index in [0.29, 0.717) is 12.0 Å². The molecule has 0 radical (unpaired) electrons. The monoisotopic (exact) mass is 369 g/mol. The molecule has 2 aromatic rings. The van der Waals surface area contributed by atoms with Crippen LogP contribution in [0.4, 0.5) is 0 Å². The van der Waals surface area contributed by atoms with Crippen LogP contribution in [0.2, 0.25) is 0 Å². The van der Waals surface area contributed by atoms with Gasteiger partial charge in [-0.05, 0) is 64.6 Å². The van der Waals surface area contributed by atoms with E-state index >= 15 is 0 Å². The summed E-state index contributed by atoms with van der Waals surface area (Å²) in [6.45, 7) is 7.20. The van der Waals surface area contributed by atoms with Crippen LogP contribution in [0.1, 0.15) is 53.8 Å². The number of aryl methyl sites for hydroxylation is 3. The number of hydrogen-bond acceptors (Lipinski definition) is 4. The van der Waals surface area contributed by atoms with Crippen LogP contribution in [0.15, 0.2) is 6.07 Å². The predicted octanol–water partition coefficient (Wildman–Crippen LogP) is 2.92. The zero-order valence-electron chi connectivity index (χ0n) is 17.0. The normalized spacial score (nSPS) is 23.4. The summed E-state index contributed by atoms with van der Waals surface area (Å²) in [5.41, 5.74) is 3.26. The van der Waals surface area contributed by atoms with E-state index in [2.05, 4.69) is 15.0 Å². The molecule has 1 amide bonds. The molecule has 0 saturated carbocycles. The zero-order valence-corrected chi connectivity index (χ0v) is 17.0. The van der Waals surface area contributed by atoms with Crippen LogP contribution in [-0.4, -0.2) is 63.2 Å². The van der Waals surface area contributed by atoms with Gasteiger partial charge in [-0.25, -0.2) is 4.98 Å². The molecule has 4 heterocycles. The molecule has 146 valence electrons. The van der Waals surface area contributed by atoms with Crippen LogP contribution in [0.5, 0.6) is 0 Å². The maximum Gasteiger partial charge on any atom is 0.254 e. The zero-order chi connectivity index (χ0) is 19.1. The van der Waals surface area contributed by atoms with E-state index < -0.39 is 0 Å². The highest BCUT2D eigenvalue weighted by Crippen LogP contribution is 2.32. The summed E-state index contributed by atoms with van der Waals surface area (Å²) >= 11 is 0. The molecule has 2 aliphatic rings. The number of pyridine rings is 1. The van der Waals surface area contributed by atoms with Crippen LogP contribution < -0.4 is 0 Å². The van der Waals surface area contributed by atoms with Crippen LogP contribution in [0.25, 0.3) is 11.0 Å². The van der Waals surface area contributed by atoms with E-state index in [-0.39, 0.29) is 5.91 Å². The number of amides is 1. The van der Waals surface area contributed by atoms with Gasteiger partial charge in [-0.3, -0.25) is 9.48 Å². The summed E-state index contributed by atoms with van der Waals surface area (Å²) in [7, 11) is 3.84. The Kier molecular flexibility index (Phi) is 4.93. The van der Waals surface area contributed by atoms with E-state index in [4.69, 9.17) is 0 Å². The minimum Gasteiger partial charge on any atom is -0.341 e. The van der Waals surface area contributed by atoms with E-state index in [1.54, 1.807) is 4.68 Å². The Morgan fingerprint density at radius 3 is 2.81 bits per heavy atom. The summed E-state index contributed by atoms with van der Waals surface area (Å²) in [5.74, 6) is 0.677. The molecule has 2 fully saturated rings. The van der Waals surface area contributed by atoms with Crippen LogP contribution in [0, 0.1) is 19.8 Å². The van der Waals surface area contributed by atoms with Crippen molar-refractivity contribution in [1.29, 1.82) is 0 Å². The summed E-state index contributed by atoms with van der Waals surface area (Å²) in [5, 5.41) is 5.37. The van der Waals surface area contributed by atoms with E-state index in [1.807, 2.05) is 38.9 Å². The van der Waals surface area contributed by atoms with Crippen molar-refractivity contribution in [2.24, 2.45) is 13.0 Å². The molecule has 2 aliphatic heterocycles. The molecule has 0 bridgehead atoms. The lowest BCUT2D eigenvalue weighted by Gasteiger charge is -2.45. The Bertz CT molecular complexity index is 856. The van der Waals surface area contributed by atoms with Gasteiger partial charge < -0.3 is 9.80 Å².